The minimum Gasteiger partial charge on any atom is -0.354 e. The quantitative estimate of drug-likeness (QED) is 0.920. The Bertz CT molecular complexity index is 662. The summed E-state index contributed by atoms with van der Waals surface area (Å²) in [4.78, 5) is 11.8. The van der Waals surface area contributed by atoms with Gasteiger partial charge in [0.05, 0.1) is 6.20 Å². The Morgan fingerprint density at radius 1 is 1.27 bits per heavy atom. The SMILES string of the molecule is O=C(Cn1cc(-c2cc(F)cc(F)c2)nn1)NCC1CCC1. The summed E-state index contributed by atoms with van der Waals surface area (Å²) in [6.07, 6.45) is 5.06. The van der Waals surface area contributed by atoms with Gasteiger partial charge >= 0.3 is 0 Å². The molecule has 1 saturated carbocycles. The fourth-order valence-corrected chi connectivity index (χ4v) is 2.37. The smallest absolute Gasteiger partial charge is 0.241 e. The second kappa shape index (κ2) is 6.21. The average Bonchev–Trinajstić information content (AvgIpc) is 2.84. The van der Waals surface area contributed by atoms with Gasteiger partial charge in [0, 0.05) is 18.2 Å². The van der Waals surface area contributed by atoms with E-state index >= 15 is 0 Å². The van der Waals surface area contributed by atoms with Crippen LogP contribution in [0.2, 0.25) is 0 Å². The molecule has 0 unspecified atom stereocenters. The molecule has 0 atom stereocenters. The number of carbonyl (C=O) groups excluding carboxylic acids is 1. The lowest BCUT2D eigenvalue weighted by Crippen LogP contribution is -2.34. The molecule has 0 spiro atoms. The van der Waals surface area contributed by atoms with E-state index < -0.39 is 11.6 Å². The zero-order chi connectivity index (χ0) is 15.5. The second-order valence-corrected chi connectivity index (χ2v) is 5.56. The highest BCUT2D eigenvalue weighted by molar-refractivity contribution is 5.75. The third-order valence-corrected chi connectivity index (χ3v) is 3.82. The molecule has 0 radical (unpaired) electrons. The highest BCUT2D eigenvalue weighted by Gasteiger charge is 2.18. The van der Waals surface area contributed by atoms with Crippen LogP contribution in [-0.4, -0.2) is 27.4 Å². The van der Waals surface area contributed by atoms with E-state index in [0.717, 1.165) is 6.07 Å². The van der Waals surface area contributed by atoms with Crippen molar-refractivity contribution in [2.45, 2.75) is 25.8 Å². The molecule has 1 amide bonds. The highest BCUT2D eigenvalue weighted by atomic mass is 19.1. The zero-order valence-electron chi connectivity index (χ0n) is 11.9. The number of benzene rings is 1. The molecule has 22 heavy (non-hydrogen) atoms. The summed E-state index contributed by atoms with van der Waals surface area (Å²) in [7, 11) is 0. The number of carbonyl (C=O) groups is 1. The molecule has 1 fully saturated rings. The molecule has 2 aromatic rings. The second-order valence-electron chi connectivity index (χ2n) is 5.56. The molecule has 5 nitrogen and oxygen atoms in total. The van der Waals surface area contributed by atoms with Gasteiger partial charge in [-0.25, -0.2) is 13.5 Å². The minimum absolute atomic E-state index is 0.0392. The van der Waals surface area contributed by atoms with Crippen molar-refractivity contribution in [1.82, 2.24) is 20.3 Å². The predicted molar refractivity (Wildman–Crippen MR) is 75.7 cm³/mol. The minimum atomic E-state index is -0.678. The van der Waals surface area contributed by atoms with E-state index in [1.165, 1.54) is 42.3 Å². The Labute approximate surface area is 126 Å². The van der Waals surface area contributed by atoms with E-state index in [1.807, 2.05) is 0 Å². The maximum Gasteiger partial charge on any atom is 0.241 e. The van der Waals surface area contributed by atoms with E-state index in [2.05, 4.69) is 15.6 Å². The lowest BCUT2D eigenvalue weighted by molar-refractivity contribution is -0.122. The average molecular weight is 306 g/mol. The van der Waals surface area contributed by atoms with Gasteiger partial charge in [0.15, 0.2) is 0 Å². The summed E-state index contributed by atoms with van der Waals surface area (Å²) in [5.41, 5.74) is 0.615. The predicted octanol–water partition coefficient (Wildman–Crippen LogP) is 2.14. The van der Waals surface area contributed by atoms with Crippen molar-refractivity contribution in [3.05, 3.63) is 36.0 Å². The van der Waals surface area contributed by atoms with Crippen LogP contribution in [0.25, 0.3) is 11.3 Å². The summed E-state index contributed by atoms with van der Waals surface area (Å²) in [5.74, 6) is -0.912. The van der Waals surface area contributed by atoms with Gasteiger partial charge in [0.25, 0.3) is 0 Å². The number of hydrogen-bond donors (Lipinski definition) is 1. The Morgan fingerprint density at radius 3 is 2.64 bits per heavy atom. The molecule has 0 aliphatic heterocycles. The van der Waals surface area contributed by atoms with Gasteiger partial charge in [0.2, 0.25) is 5.91 Å². The number of nitrogens with one attached hydrogen (secondary N) is 1. The summed E-state index contributed by atoms with van der Waals surface area (Å²) in [6.45, 7) is 0.729. The summed E-state index contributed by atoms with van der Waals surface area (Å²) in [5, 5.41) is 10.5. The first-order valence-corrected chi connectivity index (χ1v) is 7.23. The molecule has 1 aliphatic rings. The van der Waals surface area contributed by atoms with Crippen LogP contribution in [-0.2, 0) is 11.3 Å². The van der Waals surface area contributed by atoms with Crippen molar-refractivity contribution >= 4 is 5.91 Å². The van der Waals surface area contributed by atoms with Gasteiger partial charge in [-0.05, 0) is 30.9 Å². The Morgan fingerprint density at radius 2 is 2.00 bits per heavy atom. The monoisotopic (exact) mass is 306 g/mol. The summed E-state index contributed by atoms with van der Waals surface area (Å²) < 4.78 is 27.7. The van der Waals surface area contributed by atoms with Crippen molar-refractivity contribution < 1.29 is 13.6 Å². The number of hydrogen-bond acceptors (Lipinski definition) is 3. The fourth-order valence-electron chi connectivity index (χ4n) is 2.37. The molecule has 0 saturated heterocycles. The lowest BCUT2D eigenvalue weighted by atomic mass is 9.85. The van der Waals surface area contributed by atoms with Crippen LogP contribution in [0.1, 0.15) is 19.3 Å². The Kier molecular flexibility index (Phi) is 4.13. The number of nitrogens with zero attached hydrogens (tertiary/aromatic N) is 3. The van der Waals surface area contributed by atoms with Gasteiger partial charge in [0.1, 0.15) is 23.9 Å². The van der Waals surface area contributed by atoms with Gasteiger partial charge in [-0.15, -0.1) is 5.10 Å². The maximum absolute atomic E-state index is 13.2. The fraction of sp³-hybridized carbons (Fsp3) is 0.400. The third kappa shape index (κ3) is 3.47. The molecular weight excluding hydrogens is 290 g/mol. The van der Waals surface area contributed by atoms with E-state index in [0.29, 0.717) is 23.7 Å². The first-order chi connectivity index (χ1) is 10.6. The topological polar surface area (TPSA) is 59.8 Å². The lowest BCUT2D eigenvalue weighted by Gasteiger charge is -2.25. The van der Waals surface area contributed by atoms with Gasteiger partial charge in [-0.1, -0.05) is 11.6 Å². The van der Waals surface area contributed by atoms with Crippen LogP contribution in [0.4, 0.5) is 8.78 Å². The molecule has 3 rings (SSSR count). The van der Waals surface area contributed by atoms with Crippen LogP contribution in [0.5, 0.6) is 0 Å². The summed E-state index contributed by atoms with van der Waals surface area (Å²) >= 11 is 0. The zero-order valence-corrected chi connectivity index (χ0v) is 11.9. The van der Waals surface area contributed by atoms with Crippen LogP contribution in [0.15, 0.2) is 24.4 Å². The number of aromatic nitrogens is 3. The summed E-state index contributed by atoms with van der Waals surface area (Å²) in [6, 6.07) is 3.14. The standard InChI is InChI=1S/C15H16F2N4O/c16-12-4-11(5-13(17)6-12)14-8-21(20-19-14)9-15(22)18-7-10-2-1-3-10/h4-6,8,10H,1-3,7,9H2,(H,18,22). The normalized spacial score (nSPS) is 14.6. The van der Waals surface area contributed by atoms with Crippen LogP contribution in [0.3, 0.4) is 0 Å². The van der Waals surface area contributed by atoms with E-state index in [-0.39, 0.29) is 12.5 Å². The van der Waals surface area contributed by atoms with Crippen LogP contribution in [0, 0.1) is 17.6 Å². The molecule has 1 heterocycles. The van der Waals surface area contributed by atoms with E-state index in [1.54, 1.807) is 0 Å². The molecule has 7 heteroatoms. The van der Waals surface area contributed by atoms with E-state index in [9.17, 15) is 13.6 Å². The Balaban J connectivity index is 1.61. The largest absolute Gasteiger partial charge is 0.354 e. The molecule has 116 valence electrons. The molecule has 1 aliphatic carbocycles. The number of halogens is 2. The van der Waals surface area contributed by atoms with Crippen molar-refractivity contribution in [2.75, 3.05) is 6.54 Å². The number of rotatable bonds is 5. The van der Waals surface area contributed by atoms with Crippen molar-refractivity contribution in [2.24, 2.45) is 5.92 Å². The van der Waals surface area contributed by atoms with Gasteiger partial charge in [-0.3, -0.25) is 4.79 Å². The van der Waals surface area contributed by atoms with Crippen molar-refractivity contribution in [1.29, 1.82) is 0 Å². The molecule has 1 aromatic heterocycles. The van der Waals surface area contributed by atoms with Crippen LogP contribution >= 0.6 is 0 Å². The first kappa shape index (κ1) is 14.6. The molecule has 1 aromatic carbocycles. The van der Waals surface area contributed by atoms with Crippen molar-refractivity contribution in [3.63, 3.8) is 0 Å². The highest BCUT2D eigenvalue weighted by Crippen LogP contribution is 2.25. The third-order valence-electron chi connectivity index (χ3n) is 3.82. The van der Waals surface area contributed by atoms with Crippen molar-refractivity contribution in [3.8, 4) is 11.3 Å². The van der Waals surface area contributed by atoms with E-state index in [4.69, 9.17) is 0 Å². The van der Waals surface area contributed by atoms with Gasteiger partial charge < -0.3 is 5.32 Å². The first-order valence-electron chi connectivity index (χ1n) is 7.23. The molecular formula is C15H16F2N4O. The maximum atomic E-state index is 13.2. The van der Waals surface area contributed by atoms with Crippen LogP contribution < -0.4 is 5.32 Å². The molecule has 1 N–H and O–H groups in total. The number of amides is 1. The van der Waals surface area contributed by atoms with Gasteiger partial charge in [-0.2, -0.15) is 0 Å². The Hall–Kier alpha value is -2.31. The molecule has 0 bridgehead atoms.